The summed E-state index contributed by atoms with van der Waals surface area (Å²) in [5.74, 6) is 0.917. The highest BCUT2D eigenvalue weighted by atomic mass is 16.5. The molecule has 1 aliphatic rings. The molecule has 0 atom stereocenters. The van der Waals surface area contributed by atoms with E-state index >= 15 is 0 Å². The molecule has 0 aliphatic heterocycles. The quantitative estimate of drug-likeness (QED) is 0.776. The summed E-state index contributed by atoms with van der Waals surface area (Å²) in [5, 5.41) is 0. The van der Waals surface area contributed by atoms with Gasteiger partial charge in [0.2, 0.25) is 0 Å². The Labute approximate surface area is 84.3 Å². The number of hydrogen-bond acceptors (Lipinski definition) is 3. The van der Waals surface area contributed by atoms with Crippen LogP contribution in [0.25, 0.3) is 0 Å². The molecule has 1 fully saturated rings. The van der Waals surface area contributed by atoms with E-state index in [1.807, 2.05) is 12.1 Å². The molecule has 0 spiro atoms. The van der Waals surface area contributed by atoms with Crippen LogP contribution in [0.15, 0.2) is 24.5 Å². The molecular formula is C11H16N2O. The summed E-state index contributed by atoms with van der Waals surface area (Å²) in [5.41, 5.74) is 5.82. The van der Waals surface area contributed by atoms with Gasteiger partial charge in [-0.3, -0.25) is 4.98 Å². The topological polar surface area (TPSA) is 48.1 Å². The molecule has 3 heteroatoms. The van der Waals surface area contributed by atoms with Crippen molar-refractivity contribution in [2.45, 2.75) is 37.8 Å². The number of nitrogens with zero attached hydrogens (tertiary/aromatic N) is 1. The third kappa shape index (κ3) is 2.45. The van der Waals surface area contributed by atoms with Gasteiger partial charge in [-0.15, -0.1) is 0 Å². The van der Waals surface area contributed by atoms with Gasteiger partial charge in [-0.05, 0) is 37.8 Å². The molecule has 2 N–H and O–H groups in total. The van der Waals surface area contributed by atoms with Gasteiger partial charge < -0.3 is 10.5 Å². The van der Waals surface area contributed by atoms with Crippen molar-refractivity contribution < 1.29 is 4.74 Å². The van der Waals surface area contributed by atoms with Crippen LogP contribution >= 0.6 is 0 Å². The van der Waals surface area contributed by atoms with E-state index in [-0.39, 0.29) is 0 Å². The van der Waals surface area contributed by atoms with Crippen LogP contribution in [0, 0.1) is 0 Å². The molecule has 14 heavy (non-hydrogen) atoms. The van der Waals surface area contributed by atoms with E-state index in [1.165, 1.54) is 0 Å². The van der Waals surface area contributed by atoms with Gasteiger partial charge in [-0.2, -0.15) is 0 Å². The molecule has 1 saturated carbocycles. The lowest BCUT2D eigenvalue weighted by Gasteiger charge is -2.26. The number of ether oxygens (including phenoxy) is 1. The molecule has 0 amide bonds. The largest absolute Gasteiger partial charge is 0.490 e. The molecule has 0 radical (unpaired) electrons. The first-order valence-corrected chi connectivity index (χ1v) is 5.17. The van der Waals surface area contributed by atoms with Crippen LogP contribution in [-0.4, -0.2) is 17.1 Å². The third-order valence-electron chi connectivity index (χ3n) is 2.67. The molecule has 0 saturated heterocycles. The first-order valence-electron chi connectivity index (χ1n) is 5.17. The van der Waals surface area contributed by atoms with E-state index in [9.17, 15) is 0 Å². The Bertz CT molecular complexity index is 268. The lowest BCUT2D eigenvalue weighted by molar-refractivity contribution is 0.147. The minimum absolute atomic E-state index is 0.345. The van der Waals surface area contributed by atoms with Gasteiger partial charge in [0.05, 0.1) is 6.10 Å². The predicted molar refractivity (Wildman–Crippen MR) is 55.1 cm³/mol. The first-order chi connectivity index (χ1) is 6.84. The summed E-state index contributed by atoms with van der Waals surface area (Å²) >= 11 is 0. The van der Waals surface area contributed by atoms with Crippen molar-refractivity contribution in [2.24, 2.45) is 5.73 Å². The fraction of sp³-hybridized carbons (Fsp3) is 0.545. The number of nitrogens with two attached hydrogens (primary N) is 1. The molecule has 0 aromatic carbocycles. The number of rotatable bonds is 2. The van der Waals surface area contributed by atoms with Gasteiger partial charge in [0.1, 0.15) is 5.75 Å². The second kappa shape index (κ2) is 4.42. The molecule has 1 aromatic heterocycles. The Kier molecular flexibility index (Phi) is 2.99. The zero-order chi connectivity index (χ0) is 9.80. The number of aromatic nitrogens is 1. The van der Waals surface area contributed by atoms with Crippen molar-refractivity contribution in [3.63, 3.8) is 0 Å². The monoisotopic (exact) mass is 192 g/mol. The zero-order valence-electron chi connectivity index (χ0n) is 8.23. The van der Waals surface area contributed by atoms with Gasteiger partial charge in [0, 0.05) is 18.4 Å². The zero-order valence-corrected chi connectivity index (χ0v) is 8.23. The Hall–Kier alpha value is -1.09. The third-order valence-corrected chi connectivity index (χ3v) is 2.67. The predicted octanol–water partition coefficient (Wildman–Crippen LogP) is 1.73. The molecular weight excluding hydrogens is 176 g/mol. The Morgan fingerprint density at radius 1 is 1.14 bits per heavy atom. The molecule has 3 nitrogen and oxygen atoms in total. The van der Waals surface area contributed by atoms with E-state index < -0.39 is 0 Å². The molecule has 1 aliphatic carbocycles. The maximum absolute atomic E-state index is 5.82. The van der Waals surface area contributed by atoms with Gasteiger partial charge in [-0.25, -0.2) is 0 Å². The molecule has 2 rings (SSSR count). The van der Waals surface area contributed by atoms with E-state index in [1.54, 1.807) is 12.4 Å². The van der Waals surface area contributed by atoms with Crippen LogP contribution < -0.4 is 10.5 Å². The fourth-order valence-corrected chi connectivity index (χ4v) is 1.82. The van der Waals surface area contributed by atoms with Crippen molar-refractivity contribution in [2.75, 3.05) is 0 Å². The van der Waals surface area contributed by atoms with Crippen molar-refractivity contribution in [3.05, 3.63) is 24.5 Å². The fourth-order valence-electron chi connectivity index (χ4n) is 1.82. The highest BCUT2D eigenvalue weighted by Gasteiger charge is 2.19. The summed E-state index contributed by atoms with van der Waals surface area (Å²) in [6.07, 6.45) is 8.16. The van der Waals surface area contributed by atoms with Crippen LogP contribution in [0.2, 0.25) is 0 Å². The second-order valence-corrected chi connectivity index (χ2v) is 3.84. The van der Waals surface area contributed by atoms with Crippen molar-refractivity contribution in [1.82, 2.24) is 4.98 Å². The number of pyridine rings is 1. The smallest absolute Gasteiger partial charge is 0.122 e. The lowest BCUT2D eigenvalue weighted by atomic mass is 9.94. The van der Waals surface area contributed by atoms with E-state index in [2.05, 4.69) is 4.98 Å². The van der Waals surface area contributed by atoms with Crippen LogP contribution in [0.3, 0.4) is 0 Å². The van der Waals surface area contributed by atoms with Gasteiger partial charge in [-0.1, -0.05) is 0 Å². The summed E-state index contributed by atoms with van der Waals surface area (Å²) in [4.78, 5) is 3.95. The lowest BCUT2D eigenvalue weighted by Crippen LogP contribution is -2.31. The molecule has 76 valence electrons. The van der Waals surface area contributed by atoms with Crippen LogP contribution in [0.5, 0.6) is 5.75 Å². The highest BCUT2D eigenvalue weighted by Crippen LogP contribution is 2.22. The Morgan fingerprint density at radius 2 is 1.79 bits per heavy atom. The first kappa shape index (κ1) is 9.46. The number of hydrogen-bond donors (Lipinski definition) is 1. The molecule has 1 heterocycles. The normalized spacial score (nSPS) is 27.2. The Morgan fingerprint density at radius 3 is 2.43 bits per heavy atom. The summed E-state index contributed by atoms with van der Waals surface area (Å²) in [6, 6.07) is 4.18. The standard InChI is InChI=1S/C11H16N2O/c12-9-1-3-10(4-2-9)14-11-5-7-13-8-6-11/h5-10H,1-4,12H2. The maximum atomic E-state index is 5.82. The van der Waals surface area contributed by atoms with Crippen LogP contribution in [0.1, 0.15) is 25.7 Å². The summed E-state index contributed by atoms with van der Waals surface area (Å²) in [7, 11) is 0. The van der Waals surface area contributed by atoms with Crippen LogP contribution in [0.4, 0.5) is 0 Å². The summed E-state index contributed by atoms with van der Waals surface area (Å²) in [6.45, 7) is 0. The minimum atomic E-state index is 0.345. The van der Waals surface area contributed by atoms with Crippen molar-refractivity contribution in [1.29, 1.82) is 0 Å². The SMILES string of the molecule is NC1CCC(Oc2ccncc2)CC1. The average Bonchev–Trinajstić information content (AvgIpc) is 2.23. The van der Waals surface area contributed by atoms with Gasteiger partial charge in [0.25, 0.3) is 0 Å². The van der Waals surface area contributed by atoms with Crippen LogP contribution in [-0.2, 0) is 0 Å². The van der Waals surface area contributed by atoms with Gasteiger partial charge >= 0.3 is 0 Å². The van der Waals surface area contributed by atoms with E-state index in [4.69, 9.17) is 10.5 Å². The Balaban J connectivity index is 1.87. The molecule has 0 bridgehead atoms. The van der Waals surface area contributed by atoms with Crippen molar-refractivity contribution in [3.8, 4) is 5.75 Å². The highest BCUT2D eigenvalue weighted by molar-refractivity contribution is 5.17. The van der Waals surface area contributed by atoms with Gasteiger partial charge in [0.15, 0.2) is 0 Å². The average molecular weight is 192 g/mol. The van der Waals surface area contributed by atoms with Crippen molar-refractivity contribution >= 4 is 0 Å². The summed E-state index contributed by atoms with van der Waals surface area (Å²) < 4.78 is 5.81. The maximum Gasteiger partial charge on any atom is 0.122 e. The molecule has 1 aromatic rings. The van der Waals surface area contributed by atoms with E-state index in [0.29, 0.717) is 12.1 Å². The minimum Gasteiger partial charge on any atom is -0.490 e. The second-order valence-electron chi connectivity index (χ2n) is 3.84. The molecule has 0 unspecified atom stereocenters. The van der Waals surface area contributed by atoms with E-state index in [0.717, 1.165) is 31.4 Å².